The Balaban J connectivity index is 0.000000980. The molecule has 0 N–H and O–H groups in total. The summed E-state index contributed by atoms with van der Waals surface area (Å²) < 4.78 is 0. The summed E-state index contributed by atoms with van der Waals surface area (Å²) in [7, 11) is 0. The molecule has 1 radical (unpaired) electrons. The predicted octanol–water partition coefficient (Wildman–Crippen LogP) is 3.46. The minimum Gasteiger partial charge on any atom is -0.0759 e. The Kier molecular flexibility index (Phi) is 3.63. The van der Waals surface area contributed by atoms with Crippen LogP contribution in [0.5, 0.6) is 0 Å². The fourth-order valence-corrected chi connectivity index (χ4v) is 2.00. The molecule has 1 aromatic rings. The van der Waals surface area contributed by atoms with Crippen molar-refractivity contribution in [2.45, 2.75) is 26.7 Å². The van der Waals surface area contributed by atoms with Gasteiger partial charge in [0.1, 0.15) is 0 Å². The zero-order valence-electron chi connectivity index (χ0n) is 9.54. The second-order valence-electron chi connectivity index (χ2n) is 4.83. The molecule has 1 unspecified atom stereocenters. The molecule has 0 saturated carbocycles. The van der Waals surface area contributed by atoms with Crippen molar-refractivity contribution in [3.63, 3.8) is 0 Å². The van der Waals surface area contributed by atoms with Crippen LogP contribution in [0, 0.1) is 5.41 Å². The van der Waals surface area contributed by atoms with Crippen molar-refractivity contribution in [1.29, 1.82) is 0 Å². The topological polar surface area (TPSA) is 0 Å². The van der Waals surface area contributed by atoms with E-state index in [9.17, 15) is 0 Å². The van der Waals surface area contributed by atoms with Crippen LogP contribution in [0.2, 0.25) is 0 Å². The Morgan fingerprint density at radius 2 is 1.71 bits per heavy atom. The van der Waals surface area contributed by atoms with E-state index < -0.39 is 0 Å². The van der Waals surface area contributed by atoms with E-state index in [4.69, 9.17) is 0 Å². The molecule has 1 aromatic carbocycles. The van der Waals surface area contributed by atoms with Gasteiger partial charge in [-0.05, 0) is 16.5 Å². The molecular formula is C13H16Na. The molecule has 1 aliphatic rings. The van der Waals surface area contributed by atoms with E-state index in [1.807, 2.05) is 0 Å². The molecule has 0 aromatic heterocycles. The van der Waals surface area contributed by atoms with Gasteiger partial charge in [0.15, 0.2) is 0 Å². The summed E-state index contributed by atoms with van der Waals surface area (Å²) >= 11 is 0. The SMILES string of the molecule is CC(C)(C)C1C=Cc2ccccc21.[Na]. The summed E-state index contributed by atoms with van der Waals surface area (Å²) in [5.41, 5.74) is 3.21. The zero-order chi connectivity index (χ0) is 9.47. The van der Waals surface area contributed by atoms with E-state index in [1.165, 1.54) is 11.1 Å². The molecule has 0 amide bonds. The third-order valence-electron chi connectivity index (χ3n) is 2.73. The molecule has 1 atom stereocenters. The molecule has 0 bridgehead atoms. The van der Waals surface area contributed by atoms with E-state index in [0.717, 1.165) is 0 Å². The van der Waals surface area contributed by atoms with Crippen molar-refractivity contribution in [3.05, 3.63) is 41.5 Å². The van der Waals surface area contributed by atoms with Crippen molar-refractivity contribution in [2.75, 3.05) is 0 Å². The molecule has 0 spiro atoms. The monoisotopic (exact) mass is 195 g/mol. The number of hydrogen-bond acceptors (Lipinski definition) is 0. The smallest absolute Gasteiger partial charge is 0.00758 e. The fraction of sp³-hybridized carbons (Fsp3) is 0.385. The normalized spacial score (nSPS) is 18.9. The summed E-state index contributed by atoms with van der Waals surface area (Å²) in [6.45, 7) is 6.89. The Morgan fingerprint density at radius 3 is 2.36 bits per heavy atom. The third kappa shape index (κ3) is 2.13. The van der Waals surface area contributed by atoms with Gasteiger partial charge >= 0.3 is 0 Å². The van der Waals surface area contributed by atoms with Gasteiger partial charge in [0.25, 0.3) is 0 Å². The molecule has 2 rings (SSSR count). The molecule has 0 heterocycles. The van der Waals surface area contributed by atoms with Gasteiger partial charge in [-0.3, -0.25) is 0 Å². The van der Waals surface area contributed by atoms with Crippen molar-refractivity contribution in [1.82, 2.24) is 0 Å². The van der Waals surface area contributed by atoms with Gasteiger partial charge < -0.3 is 0 Å². The molecular weight excluding hydrogens is 179 g/mol. The summed E-state index contributed by atoms with van der Waals surface area (Å²) in [5.74, 6) is 0.587. The molecule has 0 saturated heterocycles. The molecule has 1 heteroatoms. The number of hydrogen-bond donors (Lipinski definition) is 0. The van der Waals surface area contributed by atoms with Gasteiger partial charge in [0.05, 0.1) is 0 Å². The van der Waals surface area contributed by atoms with E-state index >= 15 is 0 Å². The van der Waals surface area contributed by atoms with E-state index in [2.05, 4.69) is 57.2 Å². The maximum atomic E-state index is 2.32. The minimum atomic E-state index is 0. The average molecular weight is 195 g/mol. The van der Waals surface area contributed by atoms with Crippen LogP contribution in [0.1, 0.15) is 37.8 Å². The van der Waals surface area contributed by atoms with Crippen LogP contribution in [0.3, 0.4) is 0 Å². The standard InChI is InChI=1S/C13H16.Na/c1-13(2,3)12-9-8-10-6-4-5-7-11(10)12;/h4-9,12H,1-3H3;. The first-order chi connectivity index (χ1) is 6.09. The molecule has 0 nitrogen and oxygen atoms in total. The second-order valence-corrected chi connectivity index (χ2v) is 4.83. The van der Waals surface area contributed by atoms with Crippen molar-refractivity contribution >= 4 is 35.6 Å². The molecule has 0 fully saturated rings. The second kappa shape index (κ2) is 4.22. The van der Waals surface area contributed by atoms with Crippen LogP contribution in [0.25, 0.3) is 6.08 Å². The van der Waals surface area contributed by atoms with Crippen LogP contribution >= 0.6 is 0 Å². The van der Waals surface area contributed by atoms with E-state index in [1.54, 1.807) is 0 Å². The number of rotatable bonds is 0. The van der Waals surface area contributed by atoms with Crippen molar-refractivity contribution < 1.29 is 0 Å². The van der Waals surface area contributed by atoms with Crippen LogP contribution in [-0.2, 0) is 0 Å². The first-order valence-electron chi connectivity index (χ1n) is 4.86. The van der Waals surface area contributed by atoms with Crippen LogP contribution < -0.4 is 0 Å². The van der Waals surface area contributed by atoms with E-state index in [0.29, 0.717) is 11.3 Å². The van der Waals surface area contributed by atoms with Crippen LogP contribution in [0.15, 0.2) is 30.3 Å². The molecule has 69 valence electrons. The quantitative estimate of drug-likeness (QED) is 0.556. The Hall–Kier alpha value is -0.0400. The Morgan fingerprint density at radius 1 is 1.07 bits per heavy atom. The summed E-state index contributed by atoms with van der Waals surface area (Å²) in [6, 6.07) is 8.67. The summed E-state index contributed by atoms with van der Waals surface area (Å²) in [6.07, 6.45) is 4.57. The van der Waals surface area contributed by atoms with Crippen LogP contribution in [-0.4, -0.2) is 29.6 Å². The Labute approximate surface area is 109 Å². The molecule has 14 heavy (non-hydrogen) atoms. The zero-order valence-corrected chi connectivity index (χ0v) is 11.5. The fourth-order valence-electron chi connectivity index (χ4n) is 2.00. The molecule has 1 aliphatic carbocycles. The Bertz CT molecular complexity index is 344. The number of allylic oxidation sites excluding steroid dienone is 1. The average Bonchev–Trinajstić information content (AvgIpc) is 2.45. The first-order valence-corrected chi connectivity index (χ1v) is 4.86. The van der Waals surface area contributed by atoms with Gasteiger partial charge in [-0.15, -0.1) is 0 Å². The summed E-state index contributed by atoms with van der Waals surface area (Å²) in [4.78, 5) is 0. The van der Waals surface area contributed by atoms with Crippen LogP contribution in [0.4, 0.5) is 0 Å². The number of fused-ring (bicyclic) bond motifs is 1. The largest absolute Gasteiger partial charge is 0.0759 e. The minimum absolute atomic E-state index is 0. The maximum Gasteiger partial charge on any atom is 0.00758 e. The van der Waals surface area contributed by atoms with Gasteiger partial charge in [-0.25, -0.2) is 0 Å². The summed E-state index contributed by atoms with van der Waals surface area (Å²) in [5, 5.41) is 0. The molecule has 0 aliphatic heterocycles. The van der Waals surface area contributed by atoms with Gasteiger partial charge in [0.2, 0.25) is 0 Å². The van der Waals surface area contributed by atoms with Gasteiger partial charge in [0, 0.05) is 35.5 Å². The van der Waals surface area contributed by atoms with Gasteiger partial charge in [-0.1, -0.05) is 57.2 Å². The van der Waals surface area contributed by atoms with Crippen molar-refractivity contribution in [3.8, 4) is 0 Å². The van der Waals surface area contributed by atoms with E-state index in [-0.39, 0.29) is 29.6 Å². The maximum absolute atomic E-state index is 2.32. The first kappa shape index (κ1) is 12.0. The third-order valence-corrected chi connectivity index (χ3v) is 2.73. The number of benzene rings is 1. The van der Waals surface area contributed by atoms with Crippen molar-refractivity contribution in [2.24, 2.45) is 5.41 Å². The predicted molar refractivity (Wildman–Crippen MR) is 63.4 cm³/mol. The van der Waals surface area contributed by atoms with Gasteiger partial charge in [-0.2, -0.15) is 0 Å².